The Balaban J connectivity index is 1.61. The van der Waals surface area contributed by atoms with Crippen LogP contribution in [-0.2, 0) is 16.0 Å². The summed E-state index contributed by atoms with van der Waals surface area (Å²) in [5.41, 5.74) is 2.42. The molecule has 3 rings (SSSR count). The molecule has 10 heteroatoms. The standard InChI is InChI=1S/C36H42O8S2/c1-5-7-30-31(17-16-29(24(4)37)35(30)43)44-18-6-19-45-27-12-10-26(11-13-27)36(23(3)21-33(40)41)46-28-14-8-25(9-15-28)34(42)22(2)20-32(38)39/h8-17,22-23,36,43H,5-7,18-21H2,1-4H3,(H,38,39)(H,40,41). The lowest BCUT2D eigenvalue weighted by molar-refractivity contribution is -0.138. The van der Waals surface area contributed by atoms with E-state index in [0.717, 1.165) is 33.9 Å². The maximum atomic E-state index is 12.6. The zero-order chi connectivity index (χ0) is 33.8. The second-order valence-electron chi connectivity index (χ2n) is 11.4. The van der Waals surface area contributed by atoms with Gasteiger partial charge >= 0.3 is 11.9 Å². The molecule has 0 fully saturated rings. The van der Waals surface area contributed by atoms with Crippen molar-refractivity contribution in [2.75, 3.05) is 12.4 Å². The number of ketones is 2. The molecule has 0 saturated carbocycles. The Morgan fingerprint density at radius 2 is 1.48 bits per heavy atom. The van der Waals surface area contributed by atoms with Crippen molar-refractivity contribution in [1.29, 1.82) is 0 Å². The fourth-order valence-corrected chi connectivity index (χ4v) is 7.13. The van der Waals surface area contributed by atoms with Gasteiger partial charge in [-0.25, -0.2) is 0 Å². The minimum atomic E-state index is -1.02. The van der Waals surface area contributed by atoms with Gasteiger partial charge in [0.15, 0.2) is 11.6 Å². The largest absolute Gasteiger partial charge is 0.507 e. The first-order valence-corrected chi connectivity index (χ1v) is 17.2. The Morgan fingerprint density at radius 3 is 2.07 bits per heavy atom. The summed E-state index contributed by atoms with van der Waals surface area (Å²) in [5, 5.41) is 28.9. The quantitative estimate of drug-likeness (QED) is 0.0650. The van der Waals surface area contributed by atoms with E-state index in [9.17, 15) is 29.4 Å². The van der Waals surface area contributed by atoms with Crippen molar-refractivity contribution in [1.82, 2.24) is 0 Å². The summed E-state index contributed by atoms with van der Waals surface area (Å²) < 4.78 is 5.98. The third kappa shape index (κ3) is 10.7. The summed E-state index contributed by atoms with van der Waals surface area (Å²) in [7, 11) is 0. The Bertz CT molecular complexity index is 1500. The number of ether oxygens (including phenoxy) is 1. The van der Waals surface area contributed by atoms with Crippen LogP contribution in [-0.4, -0.2) is 51.2 Å². The molecule has 3 aromatic carbocycles. The number of thioether (sulfide) groups is 2. The van der Waals surface area contributed by atoms with Crippen molar-refractivity contribution >= 4 is 47.0 Å². The maximum Gasteiger partial charge on any atom is 0.304 e. The van der Waals surface area contributed by atoms with Crippen molar-refractivity contribution in [2.24, 2.45) is 11.8 Å². The lowest BCUT2D eigenvalue weighted by Crippen LogP contribution is -2.15. The summed E-state index contributed by atoms with van der Waals surface area (Å²) in [5.74, 6) is -1.66. The van der Waals surface area contributed by atoms with Crippen LogP contribution in [0.2, 0.25) is 0 Å². The molecule has 0 aliphatic carbocycles. The molecule has 3 aromatic rings. The van der Waals surface area contributed by atoms with E-state index >= 15 is 0 Å². The number of Topliss-reactive ketones (excluding diaryl/α,β-unsaturated/α-hetero) is 2. The Kier molecular flexibility index (Phi) is 14.2. The first-order chi connectivity index (χ1) is 21.9. The number of carboxylic acids is 2. The van der Waals surface area contributed by atoms with Crippen molar-refractivity contribution in [2.45, 2.75) is 74.8 Å². The minimum absolute atomic E-state index is 0.00480. The normalized spacial score (nSPS) is 13.0. The van der Waals surface area contributed by atoms with E-state index in [-0.39, 0.29) is 41.3 Å². The first-order valence-electron chi connectivity index (χ1n) is 15.4. The molecule has 0 radical (unpaired) electrons. The number of aliphatic carboxylic acids is 2. The molecule has 0 aliphatic rings. The second-order valence-corrected chi connectivity index (χ2v) is 13.7. The number of aromatic hydroxyl groups is 1. The molecule has 246 valence electrons. The predicted molar refractivity (Wildman–Crippen MR) is 182 cm³/mol. The average Bonchev–Trinajstić information content (AvgIpc) is 3.00. The van der Waals surface area contributed by atoms with E-state index in [2.05, 4.69) is 0 Å². The van der Waals surface area contributed by atoms with Crippen molar-refractivity contribution in [3.05, 3.63) is 82.9 Å². The summed E-state index contributed by atoms with van der Waals surface area (Å²) in [4.78, 5) is 48.9. The second kappa shape index (κ2) is 17.8. The number of carbonyl (C=O) groups is 4. The first kappa shape index (κ1) is 36.7. The van der Waals surface area contributed by atoms with E-state index in [1.807, 2.05) is 50.2 Å². The zero-order valence-corrected chi connectivity index (χ0v) is 28.3. The monoisotopic (exact) mass is 666 g/mol. The SMILES string of the molecule is CCCc1c(OCCCSc2ccc(C(Sc3ccc(C(=O)C(C)CC(=O)O)cc3)C(C)CC(=O)O)cc2)ccc(C(C)=O)c1O. The number of rotatable bonds is 19. The number of carboxylic acid groups (broad SMARTS) is 2. The van der Waals surface area contributed by atoms with Gasteiger partial charge in [-0.15, -0.1) is 23.5 Å². The van der Waals surface area contributed by atoms with Gasteiger partial charge in [0, 0.05) is 44.3 Å². The average molecular weight is 667 g/mol. The summed E-state index contributed by atoms with van der Waals surface area (Å²) in [6.07, 6.45) is 1.98. The van der Waals surface area contributed by atoms with Crippen LogP contribution in [0.4, 0.5) is 0 Å². The highest BCUT2D eigenvalue weighted by molar-refractivity contribution is 7.99. The molecule has 0 aromatic heterocycles. The maximum absolute atomic E-state index is 12.6. The highest BCUT2D eigenvalue weighted by atomic mass is 32.2. The lowest BCUT2D eigenvalue weighted by Gasteiger charge is -2.23. The van der Waals surface area contributed by atoms with Gasteiger partial charge in [0.1, 0.15) is 11.5 Å². The van der Waals surface area contributed by atoms with Crippen LogP contribution in [0.25, 0.3) is 0 Å². The number of hydrogen-bond acceptors (Lipinski definition) is 8. The highest BCUT2D eigenvalue weighted by Gasteiger charge is 2.24. The van der Waals surface area contributed by atoms with E-state index in [0.29, 0.717) is 35.5 Å². The van der Waals surface area contributed by atoms with Crippen LogP contribution in [0.15, 0.2) is 70.5 Å². The smallest absolute Gasteiger partial charge is 0.304 e. The van der Waals surface area contributed by atoms with E-state index in [4.69, 9.17) is 9.84 Å². The molecule has 0 heterocycles. The Labute approximate surface area is 279 Å². The molecule has 3 unspecified atom stereocenters. The van der Waals surface area contributed by atoms with Crippen molar-refractivity contribution in [3.63, 3.8) is 0 Å². The van der Waals surface area contributed by atoms with Crippen LogP contribution in [0, 0.1) is 11.8 Å². The number of benzene rings is 3. The van der Waals surface area contributed by atoms with E-state index in [1.54, 1.807) is 43.0 Å². The van der Waals surface area contributed by atoms with Crippen molar-refractivity contribution in [3.8, 4) is 11.5 Å². The number of phenolic OH excluding ortho intramolecular Hbond substituents is 1. The van der Waals surface area contributed by atoms with Gasteiger partial charge in [0.05, 0.1) is 18.6 Å². The fourth-order valence-electron chi connectivity index (χ4n) is 5.09. The van der Waals surface area contributed by atoms with Crippen LogP contribution in [0.1, 0.15) is 90.5 Å². The highest BCUT2D eigenvalue weighted by Crippen LogP contribution is 2.42. The molecule has 0 aliphatic heterocycles. The molecular formula is C36H42O8S2. The van der Waals surface area contributed by atoms with Crippen LogP contribution in [0.5, 0.6) is 11.5 Å². The molecule has 46 heavy (non-hydrogen) atoms. The topological polar surface area (TPSA) is 138 Å². The molecule has 0 amide bonds. The van der Waals surface area contributed by atoms with Gasteiger partial charge in [-0.3, -0.25) is 19.2 Å². The molecule has 0 bridgehead atoms. The lowest BCUT2D eigenvalue weighted by atomic mass is 9.96. The van der Waals surface area contributed by atoms with Gasteiger partial charge in [0.2, 0.25) is 0 Å². The van der Waals surface area contributed by atoms with Gasteiger partial charge in [0.25, 0.3) is 0 Å². The molecule has 3 N–H and O–H groups in total. The van der Waals surface area contributed by atoms with Gasteiger partial charge in [-0.2, -0.15) is 0 Å². The van der Waals surface area contributed by atoms with Crippen LogP contribution in [0.3, 0.4) is 0 Å². The number of hydrogen-bond donors (Lipinski definition) is 3. The minimum Gasteiger partial charge on any atom is -0.507 e. The molecule has 0 spiro atoms. The van der Waals surface area contributed by atoms with Gasteiger partial charge in [-0.1, -0.05) is 51.5 Å². The van der Waals surface area contributed by atoms with E-state index in [1.165, 1.54) is 18.7 Å². The molecule has 3 atom stereocenters. The van der Waals surface area contributed by atoms with Crippen LogP contribution < -0.4 is 4.74 Å². The zero-order valence-electron chi connectivity index (χ0n) is 26.7. The van der Waals surface area contributed by atoms with Crippen LogP contribution >= 0.6 is 23.5 Å². The fraction of sp³-hybridized carbons (Fsp3) is 0.389. The summed E-state index contributed by atoms with van der Waals surface area (Å²) >= 11 is 3.23. The molecular weight excluding hydrogens is 625 g/mol. The molecule has 8 nitrogen and oxygen atoms in total. The van der Waals surface area contributed by atoms with Gasteiger partial charge < -0.3 is 20.1 Å². The third-order valence-corrected chi connectivity index (χ3v) is 10.1. The third-order valence-electron chi connectivity index (χ3n) is 7.49. The van der Waals surface area contributed by atoms with E-state index < -0.39 is 17.9 Å². The predicted octanol–water partition coefficient (Wildman–Crippen LogP) is 8.35. The van der Waals surface area contributed by atoms with Gasteiger partial charge in [-0.05, 0) is 67.6 Å². The number of carbonyl (C=O) groups excluding carboxylic acids is 2. The Morgan fingerprint density at radius 1 is 0.848 bits per heavy atom. The summed E-state index contributed by atoms with van der Waals surface area (Å²) in [6.45, 7) is 7.43. The Hall–Kier alpha value is -3.76. The number of phenols is 1. The molecule has 0 saturated heterocycles. The van der Waals surface area contributed by atoms with Crippen molar-refractivity contribution < 1.29 is 39.2 Å². The summed E-state index contributed by atoms with van der Waals surface area (Å²) in [6, 6.07) is 18.5.